The molecule has 1 heterocycles. The summed E-state index contributed by atoms with van der Waals surface area (Å²) in [6.07, 6.45) is 0. The lowest BCUT2D eigenvalue weighted by Crippen LogP contribution is -2.38. The number of rotatable bonds is 6. The minimum absolute atomic E-state index is 0. The SMILES string of the molecule is CNC(C)CNC(=O)c1ccccc1N(C)C(=O)c1ccc(Br)o1.Cl. The summed E-state index contributed by atoms with van der Waals surface area (Å²) < 4.78 is 5.78. The summed E-state index contributed by atoms with van der Waals surface area (Å²) in [5, 5.41) is 5.91. The molecule has 2 rings (SSSR count). The van der Waals surface area contributed by atoms with Crippen molar-refractivity contribution in [2.45, 2.75) is 13.0 Å². The normalized spacial score (nSPS) is 11.4. The number of hydrogen-bond donors (Lipinski definition) is 2. The van der Waals surface area contributed by atoms with Gasteiger partial charge in [0.2, 0.25) is 0 Å². The lowest BCUT2D eigenvalue weighted by molar-refractivity contribution is 0.0950. The highest BCUT2D eigenvalue weighted by Crippen LogP contribution is 2.23. The van der Waals surface area contributed by atoms with Crippen LogP contribution in [0.3, 0.4) is 0 Å². The van der Waals surface area contributed by atoms with Crippen LogP contribution in [0, 0.1) is 0 Å². The molecule has 136 valence electrons. The Morgan fingerprint density at radius 3 is 2.52 bits per heavy atom. The lowest BCUT2D eigenvalue weighted by atomic mass is 10.1. The number of halogens is 2. The second kappa shape index (κ2) is 9.60. The zero-order chi connectivity index (χ0) is 17.7. The molecule has 0 aliphatic heterocycles. The van der Waals surface area contributed by atoms with Gasteiger partial charge in [0, 0.05) is 19.6 Å². The van der Waals surface area contributed by atoms with Gasteiger partial charge in [-0.05, 0) is 54.2 Å². The quantitative estimate of drug-likeness (QED) is 0.738. The highest BCUT2D eigenvalue weighted by molar-refractivity contribution is 9.10. The van der Waals surface area contributed by atoms with Crippen LogP contribution < -0.4 is 15.5 Å². The number of anilines is 1. The number of amides is 2. The van der Waals surface area contributed by atoms with E-state index >= 15 is 0 Å². The monoisotopic (exact) mass is 429 g/mol. The third kappa shape index (κ3) is 5.32. The van der Waals surface area contributed by atoms with Gasteiger partial charge in [0.1, 0.15) is 0 Å². The number of nitrogens with zero attached hydrogens (tertiary/aromatic N) is 1. The molecule has 1 aromatic heterocycles. The molecule has 0 bridgehead atoms. The number of nitrogens with one attached hydrogen (secondary N) is 2. The van der Waals surface area contributed by atoms with Crippen molar-refractivity contribution in [1.29, 1.82) is 0 Å². The first-order chi connectivity index (χ1) is 11.4. The molecule has 0 fully saturated rings. The third-order valence-electron chi connectivity index (χ3n) is 3.66. The summed E-state index contributed by atoms with van der Waals surface area (Å²) in [6, 6.07) is 10.4. The molecule has 0 spiro atoms. The first-order valence-corrected chi connectivity index (χ1v) is 8.31. The molecule has 0 aliphatic carbocycles. The summed E-state index contributed by atoms with van der Waals surface area (Å²) in [5.74, 6) is -0.360. The van der Waals surface area contributed by atoms with Crippen molar-refractivity contribution in [3.8, 4) is 0 Å². The van der Waals surface area contributed by atoms with Crippen LogP contribution in [-0.2, 0) is 0 Å². The van der Waals surface area contributed by atoms with Crippen LogP contribution in [-0.4, -0.2) is 38.5 Å². The molecule has 25 heavy (non-hydrogen) atoms. The van der Waals surface area contributed by atoms with Gasteiger partial charge in [-0.3, -0.25) is 9.59 Å². The highest BCUT2D eigenvalue weighted by atomic mass is 79.9. The van der Waals surface area contributed by atoms with Gasteiger partial charge in [-0.25, -0.2) is 0 Å². The zero-order valence-electron chi connectivity index (χ0n) is 14.2. The molecule has 0 saturated carbocycles. The summed E-state index contributed by atoms with van der Waals surface area (Å²) in [7, 11) is 3.44. The largest absolute Gasteiger partial charge is 0.444 e. The van der Waals surface area contributed by atoms with Gasteiger partial charge in [-0.1, -0.05) is 12.1 Å². The summed E-state index contributed by atoms with van der Waals surface area (Å²) >= 11 is 3.18. The van der Waals surface area contributed by atoms with E-state index in [0.717, 1.165) is 0 Å². The fourth-order valence-electron chi connectivity index (χ4n) is 2.11. The Hall–Kier alpha value is -1.83. The van der Waals surface area contributed by atoms with Gasteiger partial charge in [0.25, 0.3) is 11.8 Å². The van der Waals surface area contributed by atoms with Crippen LogP contribution in [0.25, 0.3) is 0 Å². The van der Waals surface area contributed by atoms with E-state index in [0.29, 0.717) is 22.5 Å². The third-order valence-corrected chi connectivity index (χ3v) is 4.09. The van der Waals surface area contributed by atoms with Crippen LogP contribution in [0.1, 0.15) is 27.8 Å². The molecule has 0 radical (unpaired) electrons. The van der Waals surface area contributed by atoms with Crippen molar-refractivity contribution < 1.29 is 14.0 Å². The predicted molar refractivity (Wildman–Crippen MR) is 104 cm³/mol. The molecule has 1 aromatic carbocycles. The number of para-hydroxylation sites is 1. The molecule has 0 saturated heterocycles. The smallest absolute Gasteiger partial charge is 0.293 e. The summed E-state index contributed by atoms with van der Waals surface area (Å²) in [5.41, 5.74) is 0.951. The zero-order valence-corrected chi connectivity index (χ0v) is 16.6. The van der Waals surface area contributed by atoms with Crippen LogP contribution in [0.5, 0.6) is 0 Å². The van der Waals surface area contributed by atoms with E-state index in [-0.39, 0.29) is 36.0 Å². The van der Waals surface area contributed by atoms with Gasteiger partial charge in [-0.2, -0.15) is 0 Å². The average molecular weight is 431 g/mol. The van der Waals surface area contributed by atoms with E-state index in [4.69, 9.17) is 4.42 Å². The van der Waals surface area contributed by atoms with E-state index in [1.807, 2.05) is 14.0 Å². The van der Waals surface area contributed by atoms with E-state index in [2.05, 4.69) is 26.6 Å². The van der Waals surface area contributed by atoms with Crippen LogP contribution >= 0.6 is 28.3 Å². The minimum Gasteiger partial charge on any atom is -0.444 e. The van der Waals surface area contributed by atoms with Gasteiger partial charge in [0.15, 0.2) is 10.4 Å². The second-order valence-corrected chi connectivity index (χ2v) is 6.17. The van der Waals surface area contributed by atoms with Crippen molar-refractivity contribution in [1.82, 2.24) is 10.6 Å². The number of likely N-dealkylation sites (N-methyl/N-ethyl adjacent to an activating group) is 1. The lowest BCUT2D eigenvalue weighted by Gasteiger charge is -2.20. The van der Waals surface area contributed by atoms with Gasteiger partial charge < -0.3 is 20.0 Å². The molecule has 2 amide bonds. The highest BCUT2D eigenvalue weighted by Gasteiger charge is 2.21. The minimum atomic E-state index is -0.329. The number of carbonyl (C=O) groups is 2. The topological polar surface area (TPSA) is 74.6 Å². The molecule has 8 heteroatoms. The van der Waals surface area contributed by atoms with E-state index in [1.165, 1.54) is 4.90 Å². The van der Waals surface area contributed by atoms with Gasteiger partial charge >= 0.3 is 0 Å². The first kappa shape index (κ1) is 21.2. The maximum absolute atomic E-state index is 12.5. The van der Waals surface area contributed by atoms with Crippen molar-refractivity contribution in [3.63, 3.8) is 0 Å². The Kier molecular flexibility index (Phi) is 8.15. The summed E-state index contributed by atoms with van der Waals surface area (Å²) in [4.78, 5) is 26.4. The van der Waals surface area contributed by atoms with E-state index in [9.17, 15) is 9.59 Å². The number of benzene rings is 1. The van der Waals surface area contributed by atoms with Gasteiger partial charge in [-0.15, -0.1) is 12.4 Å². The molecule has 2 aromatic rings. The van der Waals surface area contributed by atoms with E-state index < -0.39 is 0 Å². The van der Waals surface area contributed by atoms with E-state index in [1.54, 1.807) is 43.4 Å². The van der Waals surface area contributed by atoms with Crippen molar-refractivity contribution in [2.24, 2.45) is 0 Å². The maximum atomic E-state index is 12.5. The van der Waals surface area contributed by atoms with Crippen molar-refractivity contribution in [2.75, 3.05) is 25.5 Å². The Balaban J connectivity index is 0.00000312. The standard InChI is InChI=1S/C17H20BrN3O3.ClH/c1-11(19-2)10-20-16(22)12-6-4-5-7-13(12)21(3)17(23)14-8-9-15(18)24-14;/h4-9,11,19H,10H2,1-3H3,(H,20,22);1H. The Morgan fingerprint density at radius 1 is 1.24 bits per heavy atom. The van der Waals surface area contributed by atoms with Gasteiger partial charge in [0.05, 0.1) is 11.3 Å². The predicted octanol–water partition coefficient (Wildman–Crippen LogP) is 3.08. The molecule has 1 atom stereocenters. The Labute approximate surface area is 161 Å². The molecular formula is C17H21BrClN3O3. The molecule has 2 N–H and O–H groups in total. The molecule has 1 unspecified atom stereocenters. The van der Waals surface area contributed by atoms with Crippen molar-refractivity contribution >= 4 is 45.8 Å². The maximum Gasteiger partial charge on any atom is 0.293 e. The van der Waals surface area contributed by atoms with Crippen LogP contribution in [0.4, 0.5) is 5.69 Å². The molecule has 6 nitrogen and oxygen atoms in total. The first-order valence-electron chi connectivity index (χ1n) is 7.52. The fourth-order valence-corrected chi connectivity index (χ4v) is 2.41. The average Bonchev–Trinajstić information content (AvgIpc) is 3.04. The van der Waals surface area contributed by atoms with Crippen molar-refractivity contribution in [3.05, 3.63) is 52.4 Å². The Morgan fingerprint density at radius 2 is 1.92 bits per heavy atom. The molecule has 0 aliphatic rings. The second-order valence-electron chi connectivity index (χ2n) is 5.38. The number of carbonyl (C=O) groups excluding carboxylic acids is 2. The Bertz CT molecular complexity index is 735. The van der Waals surface area contributed by atoms with Crippen LogP contribution in [0.15, 0.2) is 45.5 Å². The van der Waals surface area contributed by atoms with Crippen LogP contribution in [0.2, 0.25) is 0 Å². The molecular weight excluding hydrogens is 410 g/mol. The summed E-state index contributed by atoms with van der Waals surface area (Å²) in [6.45, 7) is 2.46. The number of hydrogen-bond acceptors (Lipinski definition) is 4. The number of furan rings is 1. The fraction of sp³-hybridized carbons (Fsp3) is 0.294.